The van der Waals surface area contributed by atoms with Gasteiger partial charge in [0.25, 0.3) is 0 Å². The van der Waals surface area contributed by atoms with Crippen LogP contribution in [0.3, 0.4) is 0 Å². The van der Waals surface area contributed by atoms with Crippen LogP contribution in [0.5, 0.6) is 0 Å². The van der Waals surface area contributed by atoms with Crippen molar-refractivity contribution in [2.45, 2.75) is 65.6 Å². The molecule has 0 aromatic heterocycles. The Morgan fingerprint density at radius 1 is 1.20 bits per heavy atom. The molecule has 0 bridgehead atoms. The molecule has 1 atom stereocenters. The number of hydrogen-bond acceptors (Lipinski definition) is 3. The molecule has 0 saturated carbocycles. The lowest BCUT2D eigenvalue weighted by Gasteiger charge is -2.25. The van der Waals surface area contributed by atoms with Crippen LogP contribution in [0.2, 0.25) is 0 Å². The lowest BCUT2D eigenvalue weighted by molar-refractivity contribution is -0.340. The molecule has 1 rings (SSSR count). The zero-order chi connectivity index (χ0) is 11.9. The molecule has 15 heavy (non-hydrogen) atoms. The molecule has 0 aromatic rings. The van der Waals surface area contributed by atoms with E-state index >= 15 is 0 Å². The summed E-state index contributed by atoms with van der Waals surface area (Å²) in [4.78, 5) is 22.4. The van der Waals surface area contributed by atoms with Crippen LogP contribution in [0, 0.1) is 5.41 Å². The van der Waals surface area contributed by atoms with E-state index in [-0.39, 0.29) is 16.8 Å². The van der Waals surface area contributed by atoms with Gasteiger partial charge in [-0.3, -0.25) is 4.79 Å². The van der Waals surface area contributed by atoms with E-state index in [1.54, 1.807) is 0 Å². The Bertz CT molecular complexity index is 263. The number of rotatable bonds is 2. The molecule has 0 aliphatic carbocycles. The Balaban J connectivity index is 2.64. The van der Waals surface area contributed by atoms with Crippen LogP contribution >= 0.6 is 0 Å². The minimum absolute atomic E-state index is 0.214. The number of Topliss-reactive ketones (excluding diaryl/α,β-unsaturated/α-hetero) is 1. The van der Waals surface area contributed by atoms with Crippen molar-refractivity contribution < 1.29 is 14.6 Å². The van der Waals surface area contributed by atoms with Gasteiger partial charge in [-0.25, -0.2) is 9.78 Å². The number of hydrogen-bond donors (Lipinski definition) is 0. The molecule has 1 aliphatic rings. The molecule has 1 fully saturated rings. The molecule has 1 aliphatic heterocycles. The van der Waals surface area contributed by atoms with E-state index in [1.807, 2.05) is 41.5 Å². The lowest BCUT2D eigenvalue weighted by atomic mass is 9.81. The van der Waals surface area contributed by atoms with Gasteiger partial charge in [-0.05, 0) is 20.8 Å². The second-order valence-electron chi connectivity index (χ2n) is 6.40. The van der Waals surface area contributed by atoms with Gasteiger partial charge in [-0.15, -0.1) is 0 Å². The average molecular weight is 214 g/mol. The van der Waals surface area contributed by atoms with Crippen molar-refractivity contribution in [3.63, 3.8) is 0 Å². The van der Waals surface area contributed by atoms with Crippen molar-refractivity contribution in [1.29, 1.82) is 0 Å². The van der Waals surface area contributed by atoms with Crippen molar-refractivity contribution in [1.82, 2.24) is 0 Å². The molecule has 1 saturated heterocycles. The van der Waals surface area contributed by atoms with E-state index in [4.69, 9.17) is 9.78 Å². The number of carbonyl (C=O) groups excluding carboxylic acids is 1. The normalized spacial score (nSPS) is 30.5. The molecular formula is C12H22O3. The maximum atomic E-state index is 11.9. The fraction of sp³-hybridized carbons (Fsp3) is 0.917. The Labute approximate surface area is 92.1 Å². The fourth-order valence-electron chi connectivity index (χ4n) is 1.87. The predicted octanol–water partition coefficient (Wildman–Crippen LogP) is 2.88. The average Bonchev–Trinajstić information content (AvgIpc) is 2.23. The summed E-state index contributed by atoms with van der Waals surface area (Å²) < 4.78 is 0. The third kappa shape index (κ3) is 3.28. The first-order valence-electron chi connectivity index (χ1n) is 5.44. The van der Waals surface area contributed by atoms with E-state index in [0.717, 1.165) is 6.42 Å². The molecule has 0 aromatic carbocycles. The Morgan fingerprint density at radius 2 is 1.73 bits per heavy atom. The summed E-state index contributed by atoms with van der Waals surface area (Å²) >= 11 is 0. The van der Waals surface area contributed by atoms with E-state index < -0.39 is 5.60 Å². The summed E-state index contributed by atoms with van der Waals surface area (Å²) in [5.74, 6) is 0.214. The quantitative estimate of drug-likeness (QED) is 0.663. The van der Waals surface area contributed by atoms with E-state index in [1.165, 1.54) is 0 Å². The first-order valence-corrected chi connectivity index (χ1v) is 5.44. The standard InChI is InChI=1S/C12H22O3/c1-10(2,3)9(13)7-12(6)8-11(4,5)14-15-12/h7-8H2,1-6H3. The van der Waals surface area contributed by atoms with Crippen LogP contribution in [0.25, 0.3) is 0 Å². The molecule has 3 nitrogen and oxygen atoms in total. The Kier molecular flexibility index (Phi) is 3.01. The summed E-state index contributed by atoms with van der Waals surface area (Å²) in [6, 6.07) is 0. The van der Waals surface area contributed by atoms with Crippen LogP contribution < -0.4 is 0 Å². The first kappa shape index (κ1) is 12.7. The number of carbonyl (C=O) groups is 1. The third-order valence-corrected chi connectivity index (χ3v) is 2.64. The van der Waals surface area contributed by atoms with Gasteiger partial charge in [0.1, 0.15) is 17.0 Å². The van der Waals surface area contributed by atoms with Gasteiger partial charge < -0.3 is 0 Å². The zero-order valence-corrected chi connectivity index (χ0v) is 10.6. The second kappa shape index (κ2) is 3.56. The highest BCUT2D eigenvalue weighted by Crippen LogP contribution is 2.39. The maximum Gasteiger partial charge on any atom is 0.141 e. The van der Waals surface area contributed by atoms with Gasteiger partial charge >= 0.3 is 0 Å². The minimum atomic E-state index is -0.464. The van der Waals surface area contributed by atoms with Gasteiger partial charge in [0.15, 0.2) is 0 Å². The third-order valence-electron chi connectivity index (χ3n) is 2.64. The van der Waals surface area contributed by atoms with Crippen LogP contribution in [-0.2, 0) is 14.6 Å². The second-order valence-corrected chi connectivity index (χ2v) is 6.40. The van der Waals surface area contributed by atoms with Gasteiger partial charge in [0.2, 0.25) is 0 Å². The molecule has 0 radical (unpaired) electrons. The van der Waals surface area contributed by atoms with E-state index in [2.05, 4.69) is 0 Å². The molecular weight excluding hydrogens is 192 g/mol. The largest absolute Gasteiger partial charge is 0.299 e. The summed E-state index contributed by atoms with van der Waals surface area (Å²) in [6.07, 6.45) is 1.17. The summed E-state index contributed by atoms with van der Waals surface area (Å²) in [6.45, 7) is 11.7. The van der Waals surface area contributed by atoms with Crippen molar-refractivity contribution in [2.24, 2.45) is 5.41 Å². The van der Waals surface area contributed by atoms with Crippen molar-refractivity contribution in [3.8, 4) is 0 Å². The topological polar surface area (TPSA) is 35.5 Å². The van der Waals surface area contributed by atoms with Crippen LogP contribution in [0.15, 0.2) is 0 Å². The SMILES string of the molecule is CC1(C)CC(C)(CC(=O)C(C)(C)C)OO1. The molecule has 0 amide bonds. The van der Waals surface area contributed by atoms with Crippen molar-refractivity contribution >= 4 is 5.78 Å². The van der Waals surface area contributed by atoms with Gasteiger partial charge in [0.05, 0.1) is 0 Å². The zero-order valence-electron chi connectivity index (χ0n) is 10.6. The maximum absolute atomic E-state index is 11.9. The summed E-state index contributed by atoms with van der Waals surface area (Å²) in [5.41, 5.74) is -1.06. The fourth-order valence-corrected chi connectivity index (χ4v) is 1.87. The van der Waals surface area contributed by atoms with Crippen LogP contribution in [0.1, 0.15) is 54.4 Å². The predicted molar refractivity (Wildman–Crippen MR) is 58.4 cm³/mol. The highest BCUT2D eigenvalue weighted by atomic mass is 17.2. The molecule has 3 heteroatoms. The lowest BCUT2D eigenvalue weighted by Crippen LogP contribution is -2.33. The highest BCUT2D eigenvalue weighted by molar-refractivity contribution is 5.84. The van der Waals surface area contributed by atoms with Gasteiger partial charge in [-0.2, -0.15) is 0 Å². The minimum Gasteiger partial charge on any atom is -0.299 e. The Hall–Kier alpha value is -0.410. The summed E-state index contributed by atoms with van der Waals surface area (Å²) in [7, 11) is 0. The number of ketones is 1. The molecule has 1 unspecified atom stereocenters. The first-order chi connectivity index (χ1) is 6.54. The monoisotopic (exact) mass is 214 g/mol. The van der Waals surface area contributed by atoms with E-state index in [0.29, 0.717) is 6.42 Å². The van der Waals surface area contributed by atoms with Crippen LogP contribution in [0.4, 0.5) is 0 Å². The van der Waals surface area contributed by atoms with Gasteiger partial charge in [-0.1, -0.05) is 20.8 Å². The Morgan fingerprint density at radius 3 is 2.07 bits per heavy atom. The smallest absolute Gasteiger partial charge is 0.141 e. The molecule has 88 valence electrons. The highest BCUT2D eigenvalue weighted by Gasteiger charge is 2.45. The molecule has 0 spiro atoms. The van der Waals surface area contributed by atoms with E-state index in [9.17, 15) is 4.79 Å². The van der Waals surface area contributed by atoms with Crippen LogP contribution in [-0.4, -0.2) is 17.0 Å². The van der Waals surface area contributed by atoms with Crippen molar-refractivity contribution in [2.75, 3.05) is 0 Å². The molecule has 0 N–H and O–H groups in total. The van der Waals surface area contributed by atoms with Gasteiger partial charge in [0, 0.05) is 18.3 Å². The summed E-state index contributed by atoms with van der Waals surface area (Å²) in [5, 5.41) is 0. The molecule has 1 heterocycles. The van der Waals surface area contributed by atoms with Crippen molar-refractivity contribution in [3.05, 3.63) is 0 Å².